The molecule has 1 saturated carbocycles. The molecule has 12 heteroatoms. The molecule has 3 unspecified atom stereocenters. The number of aliphatic carboxylic acids is 1. The number of aliphatic imine (C=N–C) groups is 1. The fourth-order valence-corrected chi connectivity index (χ4v) is 5.05. The molecule has 3 atom stereocenters. The van der Waals surface area contributed by atoms with Crippen LogP contribution in [0.4, 0.5) is 18.9 Å². The van der Waals surface area contributed by atoms with E-state index >= 15 is 0 Å². The van der Waals surface area contributed by atoms with Crippen molar-refractivity contribution in [1.29, 1.82) is 0 Å². The van der Waals surface area contributed by atoms with Crippen LogP contribution in [0.2, 0.25) is 5.02 Å². The maximum absolute atomic E-state index is 13.3. The number of benzodiazepines with no additional fused rings is 1. The zero-order chi connectivity index (χ0) is 27.6. The van der Waals surface area contributed by atoms with Crippen LogP contribution in [0.25, 0.3) is 0 Å². The third-order valence-electron chi connectivity index (χ3n) is 6.58. The summed E-state index contributed by atoms with van der Waals surface area (Å²) < 4.78 is 39.8. The van der Waals surface area contributed by atoms with Gasteiger partial charge in [0.05, 0.1) is 23.2 Å². The van der Waals surface area contributed by atoms with Gasteiger partial charge < -0.3 is 15.7 Å². The Labute approximate surface area is 230 Å². The van der Waals surface area contributed by atoms with Gasteiger partial charge in [-0.25, -0.2) is 4.99 Å². The first-order valence-corrected chi connectivity index (χ1v) is 13.1. The second-order valence-electron chi connectivity index (χ2n) is 9.43. The number of carboxylic acid groups (broad SMARTS) is 1. The third kappa shape index (κ3) is 6.93. The normalized spacial score (nSPS) is 18.9. The number of amides is 2. The molecule has 38 heavy (non-hydrogen) atoms. The van der Waals surface area contributed by atoms with Gasteiger partial charge in [-0.15, -0.1) is 0 Å². The number of rotatable bonds is 9. The van der Waals surface area contributed by atoms with Gasteiger partial charge in [0.1, 0.15) is 0 Å². The molecule has 7 nitrogen and oxygen atoms in total. The number of halogens is 5. The van der Waals surface area contributed by atoms with Gasteiger partial charge in [0.2, 0.25) is 12.1 Å². The largest absolute Gasteiger partial charge is 0.481 e. The highest BCUT2D eigenvalue weighted by Gasteiger charge is 2.41. The number of fused-ring (bicyclic) bond motifs is 1. The van der Waals surface area contributed by atoms with Gasteiger partial charge in [-0.1, -0.05) is 48.7 Å². The van der Waals surface area contributed by atoms with Crippen LogP contribution in [0.15, 0.2) is 51.9 Å². The number of alkyl halides is 3. The third-order valence-corrected chi connectivity index (χ3v) is 7.50. The highest BCUT2D eigenvalue weighted by Crippen LogP contribution is 2.39. The fraction of sp³-hybridized carbons (Fsp3) is 0.385. The first-order valence-electron chi connectivity index (χ1n) is 12.0. The molecule has 1 aliphatic heterocycles. The molecule has 0 saturated heterocycles. The summed E-state index contributed by atoms with van der Waals surface area (Å²) >= 11 is 9.42. The summed E-state index contributed by atoms with van der Waals surface area (Å²) in [5.41, 5.74) is 1.85. The first kappa shape index (κ1) is 28.1. The van der Waals surface area contributed by atoms with Gasteiger partial charge in [-0.3, -0.25) is 14.4 Å². The molecule has 3 N–H and O–H groups in total. The molecule has 0 aromatic heterocycles. The summed E-state index contributed by atoms with van der Waals surface area (Å²) in [5, 5.41) is 15.4. The van der Waals surface area contributed by atoms with Crippen LogP contribution in [0.5, 0.6) is 0 Å². The molecule has 2 aliphatic rings. The summed E-state index contributed by atoms with van der Waals surface area (Å²) in [6, 6.07) is 11.8. The van der Waals surface area contributed by atoms with Crippen LogP contribution in [0.3, 0.4) is 0 Å². The van der Waals surface area contributed by atoms with E-state index in [1.165, 1.54) is 0 Å². The number of nitrogens with one attached hydrogen (secondary N) is 2. The highest BCUT2D eigenvalue weighted by molar-refractivity contribution is 9.10. The molecule has 0 radical (unpaired) electrons. The molecular formula is C26H24BrClF3N3O4. The van der Waals surface area contributed by atoms with Gasteiger partial charge >= 0.3 is 12.1 Å². The minimum Gasteiger partial charge on any atom is -0.481 e. The summed E-state index contributed by atoms with van der Waals surface area (Å²) in [4.78, 5) is 43.0. The van der Waals surface area contributed by atoms with Crippen LogP contribution >= 0.6 is 27.5 Å². The number of nitrogens with zero attached hydrogens (tertiary/aromatic N) is 1. The lowest BCUT2D eigenvalue weighted by atomic mass is 9.83. The Morgan fingerprint density at radius 3 is 2.45 bits per heavy atom. The van der Waals surface area contributed by atoms with E-state index in [0.29, 0.717) is 32.0 Å². The number of carbonyl (C=O) groups excluding carboxylic acids is 2. The van der Waals surface area contributed by atoms with E-state index in [0.717, 1.165) is 12.8 Å². The van der Waals surface area contributed by atoms with E-state index in [1.807, 2.05) is 0 Å². The molecule has 4 rings (SSSR count). The van der Waals surface area contributed by atoms with Crippen molar-refractivity contribution in [3.05, 3.63) is 63.1 Å². The maximum atomic E-state index is 13.3. The lowest BCUT2D eigenvalue weighted by Crippen LogP contribution is -2.47. The van der Waals surface area contributed by atoms with Gasteiger partial charge in [0.25, 0.3) is 5.91 Å². The predicted octanol–water partition coefficient (Wildman–Crippen LogP) is 5.79. The lowest BCUT2D eigenvalue weighted by molar-refractivity contribution is -0.154. The minimum absolute atomic E-state index is 0.0554. The standard InChI is InChI=1S/C26H24BrClF3N3O4/c27-19-3-1-2-17-20(14-6-8-15(28)9-7-14)32-22(24(36)33-21(17)19)34-23(35)16(10-11-26(29,30)31)18(25(37)38)12-13-4-5-13/h1-3,6-9,13,16,18,22H,4-5,10-12H2,(H,33,36)(H,34,35)(H,37,38). The summed E-state index contributed by atoms with van der Waals surface area (Å²) in [7, 11) is 0. The number of hydrogen-bond donors (Lipinski definition) is 3. The summed E-state index contributed by atoms with van der Waals surface area (Å²) in [6.45, 7) is 0. The Balaban J connectivity index is 1.69. The van der Waals surface area contributed by atoms with Crippen molar-refractivity contribution in [2.24, 2.45) is 22.7 Å². The Morgan fingerprint density at radius 1 is 1.16 bits per heavy atom. The van der Waals surface area contributed by atoms with Gasteiger partial charge in [-0.05, 0) is 52.9 Å². The average molecular weight is 615 g/mol. The number of benzene rings is 2. The van der Waals surface area contributed by atoms with E-state index in [2.05, 4.69) is 31.6 Å². The smallest absolute Gasteiger partial charge is 0.389 e. The Hall–Kier alpha value is -2.92. The zero-order valence-electron chi connectivity index (χ0n) is 19.9. The number of anilines is 1. The van der Waals surface area contributed by atoms with Gasteiger partial charge in [0.15, 0.2) is 0 Å². The van der Waals surface area contributed by atoms with E-state index in [1.54, 1.807) is 42.5 Å². The molecule has 0 bridgehead atoms. The van der Waals surface area contributed by atoms with Crippen LogP contribution in [-0.4, -0.2) is 40.9 Å². The molecule has 1 fully saturated rings. The molecule has 1 aliphatic carbocycles. The Morgan fingerprint density at radius 2 is 1.84 bits per heavy atom. The number of hydrogen-bond acceptors (Lipinski definition) is 4. The Kier molecular flexibility index (Phi) is 8.46. The van der Waals surface area contributed by atoms with Crippen LogP contribution in [0, 0.1) is 17.8 Å². The predicted molar refractivity (Wildman–Crippen MR) is 139 cm³/mol. The van der Waals surface area contributed by atoms with Crippen molar-refractivity contribution in [2.75, 3.05) is 5.32 Å². The zero-order valence-corrected chi connectivity index (χ0v) is 22.2. The molecule has 0 spiro atoms. The number of carbonyl (C=O) groups is 3. The molecule has 2 amide bonds. The van der Waals surface area contributed by atoms with Crippen molar-refractivity contribution in [3.8, 4) is 0 Å². The molecule has 2 aromatic carbocycles. The molecular weight excluding hydrogens is 591 g/mol. The van der Waals surface area contributed by atoms with Crippen LogP contribution in [0.1, 0.15) is 43.2 Å². The number of carboxylic acids is 1. The SMILES string of the molecule is O=C1Nc2c(Br)cccc2C(c2ccc(Cl)cc2)=NC1NC(=O)C(CCC(F)(F)F)C(CC1CC1)C(=O)O. The Bertz CT molecular complexity index is 1270. The van der Waals surface area contributed by atoms with Crippen molar-refractivity contribution in [3.63, 3.8) is 0 Å². The second kappa shape index (κ2) is 11.4. The fourth-order valence-electron chi connectivity index (χ4n) is 4.46. The average Bonchev–Trinajstić information content (AvgIpc) is 3.67. The highest BCUT2D eigenvalue weighted by atomic mass is 79.9. The summed E-state index contributed by atoms with van der Waals surface area (Å²) in [5.74, 6) is -5.78. The van der Waals surface area contributed by atoms with E-state index in [9.17, 15) is 32.7 Å². The van der Waals surface area contributed by atoms with Crippen LogP contribution < -0.4 is 10.6 Å². The summed E-state index contributed by atoms with van der Waals surface area (Å²) in [6.07, 6.45) is -6.50. The molecule has 202 valence electrons. The van der Waals surface area contributed by atoms with Gasteiger partial charge in [-0.2, -0.15) is 13.2 Å². The van der Waals surface area contributed by atoms with E-state index in [-0.39, 0.29) is 12.3 Å². The van der Waals surface area contributed by atoms with E-state index in [4.69, 9.17) is 11.6 Å². The lowest BCUT2D eigenvalue weighted by Gasteiger charge is -2.25. The quantitative estimate of drug-likeness (QED) is 0.332. The van der Waals surface area contributed by atoms with Crippen molar-refractivity contribution < 1.29 is 32.7 Å². The number of para-hydroxylation sites is 1. The van der Waals surface area contributed by atoms with Crippen molar-refractivity contribution in [2.45, 2.75) is 44.4 Å². The minimum atomic E-state index is -4.57. The van der Waals surface area contributed by atoms with Crippen molar-refractivity contribution >= 4 is 56.7 Å². The molecule has 2 aromatic rings. The first-order chi connectivity index (χ1) is 17.9. The van der Waals surface area contributed by atoms with Gasteiger partial charge in [0, 0.05) is 27.0 Å². The topological polar surface area (TPSA) is 108 Å². The molecule has 1 heterocycles. The maximum Gasteiger partial charge on any atom is 0.389 e. The monoisotopic (exact) mass is 613 g/mol. The van der Waals surface area contributed by atoms with E-state index < -0.39 is 54.8 Å². The van der Waals surface area contributed by atoms with Crippen LogP contribution in [-0.2, 0) is 14.4 Å². The second-order valence-corrected chi connectivity index (χ2v) is 10.7. The van der Waals surface area contributed by atoms with Crippen molar-refractivity contribution in [1.82, 2.24) is 5.32 Å².